The number of furan rings is 1. The van der Waals surface area contributed by atoms with Crippen LogP contribution in [0.25, 0.3) is 0 Å². The molecule has 6 heteroatoms. The SMILES string of the molecule is Cc1oc(C)c(S(=O)(=O)NC2(C)CC2)c1CNC1CC1. The molecule has 0 spiro atoms. The lowest BCUT2D eigenvalue weighted by Crippen LogP contribution is -2.35. The Labute approximate surface area is 120 Å². The van der Waals surface area contributed by atoms with Gasteiger partial charge in [-0.25, -0.2) is 13.1 Å². The molecule has 112 valence electrons. The molecule has 2 saturated carbocycles. The Morgan fingerprint density at radius 1 is 1.25 bits per heavy atom. The average molecular weight is 298 g/mol. The van der Waals surface area contributed by atoms with Gasteiger partial charge in [-0.05, 0) is 46.5 Å². The van der Waals surface area contributed by atoms with Gasteiger partial charge in [0.25, 0.3) is 0 Å². The van der Waals surface area contributed by atoms with Gasteiger partial charge >= 0.3 is 0 Å². The first kappa shape index (κ1) is 14.1. The molecule has 0 radical (unpaired) electrons. The minimum atomic E-state index is -3.51. The minimum Gasteiger partial charge on any atom is -0.465 e. The molecule has 2 aliphatic carbocycles. The molecule has 3 rings (SSSR count). The highest BCUT2D eigenvalue weighted by atomic mass is 32.2. The van der Waals surface area contributed by atoms with Crippen molar-refractivity contribution in [2.75, 3.05) is 0 Å². The van der Waals surface area contributed by atoms with E-state index in [0.29, 0.717) is 29.0 Å². The summed E-state index contributed by atoms with van der Waals surface area (Å²) < 4.78 is 33.6. The molecule has 20 heavy (non-hydrogen) atoms. The first-order valence-electron chi connectivity index (χ1n) is 7.17. The van der Waals surface area contributed by atoms with Gasteiger partial charge in [0, 0.05) is 23.7 Å². The second-order valence-corrected chi connectivity index (χ2v) is 7.96. The predicted molar refractivity (Wildman–Crippen MR) is 76.0 cm³/mol. The molecule has 1 heterocycles. The molecule has 0 aliphatic heterocycles. The Morgan fingerprint density at radius 3 is 2.45 bits per heavy atom. The molecule has 0 atom stereocenters. The normalized spacial score (nSPS) is 21.1. The summed E-state index contributed by atoms with van der Waals surface area (Å²) in [4.78, 5) is 0.330. The smallest absolute Gasteiger partial charge is 0.244 e. The van der Waals surface area contributed by atoms with Crippen LogP contribution >= 0.6 is 0 Å². The first-order chi connectivity index (χ1) is 9.31. The van der Waals surface area contributed by atoms with Gasteiger partial charge in [0.15, 0.2) is 0 Å². The summed E-state index contributed by atoms with van der Waals surface area (Å²) >= 11 is 0. The topological polar surface area (TPSA) is 71.3 Å². The molecular formula is C14H22N2O3S. The van der Waals surface area contributed by atoms with E-state index in [1.807, 2.05) is 13.8 Å². The third-order valence-electron chi connectivity index (χ3n) is 4.12. The van der Waals surface area contributed by atoms with Gasteiger partial charge in [-0.1, -0.05) is 0 Å². The van der Waals surface area contributed by atoms with Gasteiger partial charge in [-0.15, -0.1) is 0 Å². The second-order valence-electron chi connectivity index (χ2n) is 6.34. The maximum Gasteiger partial charge on any atom is 0.244 e. The summed E-state index contributed by atoms with van der Waals surface area (Å²) in [6, 6.07) is 0.536. The molecule has 2 fully saturated rings. The summed E-state index contributed by atoms with van der Waals surface area (Å²) in [6.07, 6.45) is 4.15. The Bertz CT molecular complexity index is 625. The van der Waals surface area contributed by atoms with E-state index >= 15 is 0 Å². The zero-order valence-corrected chi connectivity index (χ0v) is 13.1. The van der Waals surface area contributed by atoms with Gasteiger partial charge < -0.3 is 9.73 Å². The van der Waals surface area contributed by atoms with Crippen LogP contribution in [0.3, 0.4) is 0 Å². The average Bonchev–Trinajstić information content (AvgIpc) is 3.21. The van der Waals surface area contributed by atoms with Gasteiger partial charge in [0.1, 0.15) is 16.4 Å². The van der Waals surface area contributed by atoms with E-state index in [9.17, 15) is 8.42 Å². The monoisotopic (exact) mass is 298 g/mol. The van der Waals surface area contributed by atoms with Crippen molar-refractivity contribution in [3.63, 3.8) is 0 Å². The van der Waals surface area contributed by atoms with E-state index in [1.54, 1.807) is 6.92 Å². The summed E-state index contributed by atoms with van der Waals surface area (Å²) in [6.45, 7) is 6.04. The highest BCUT2D eigenvalue weighted by Gasteiger charge is 2.42. The highest BCUT2D eigenvalue weighted by Crippen LogP contribution is 2.37. The van der Waals surface area contributed by atoms with Crippen molar-refractivity contribution in [1.82, 2.24) is 10.0 Å². The molecular weight excluding hydrogens is 276 g/mol. The van der Waals surface area contributed by atoms with Gasteiger partial charge in [0.2, 0.25) is 10.0 Å². The Morgan fingerprint density at radius 2 is 1.90 bits per heavy atom. The van der Waals surface area contributed by atoms with Gasteiger partial charge in [-0.2, -0.15) is 0 Å². The van der Waals surface area contributed by atoms with Crippen LogP contribution in [-0.2, 0) is 16.6 Å². The highest BCUT2D eigenvalue weighted by molar-refractivity contribution is 7.89. The van der Waals surface area contributed by atoms with E-state index in [1.165, 1.54) is 12.8 Å². The van der Waals surface area contributed by atoms with Crippen LogP contribution in [0.1, 0.15) is 49.7 Å². The third-order valence-corrected chi connectivity index (χ3v) is 5.95. The lowest BCUT2D eigenvalue weighted by molar-refractivity contribution is 0.492. The fourth-order valence-electron chi connectivity index (χ4n) is 2.46. The van der Waals surface area contributed by atoms with Crippen molar-refractivity contribution in [2.45, 2.75) is 69.5 Å². The fraction of sp³-hybridized carbons (Fsp3) is 0.714. The van der Waals surface area contributed by atoms with E-state index in [4.69, 9.17) is 4.42 Å². The molecule has 0 unspecified atom stereocenters. The molecule has 0 bridgehead atoms. The van der Waals surface area contributed by atoms with Crippen molar-refractivity contribution in [1.29, 1.82) is 0 Å². The molecule has 1 aromatic rings. The number of nitrogens with one attached hydrogen (secondary N) is 2. The molecule has 0 aromatic carbocycles. The quantitative estimate of drug-likeness (QED) is 0.842. The van der Waals surface area contributed by atoms with Crippen molar-refractivity contribution in [3.8, 4) is 0 Å². The largest absolute Gasteiger partial charge is 0.465 e. The van der Waals surface area contributed by atoms with Gasteiger partial charge in [-0.3, -0.25) is 0 Å². The van der Waals surface area contributed by atoms with E-state index in [2.05, 4.69) is 10.0 Å². The lowest BCUT2D eigenvalue weighted by atomic mass is 10.2. The first-order valence-corrected chi connectivity index (χ1v) is 8.65. The van der Waals surface area contributed by atoms with Crippen LogP contribution in [-0.4, -0.2) is 20.0 Å². The molecule has 2 aliphatic rings. The van der Waals surface area contributed by atoms with Crippen LogP contribution in [0.5, 0.6) is 0 Å². The number of hydrogen-bond donors (Lipinski definition) is 2. The van der Waals surface area contributed by atoms with Gasteiger partial charge in [0.05, 0.1) is 0 Å². The van der Waals surface area contributed by atoms with E-state index in [0.717, 1.165) is 18.4 Å². The van der Waals surface area contributed by atoms with Crippen LogP contribution < -0.4 is 10.0 Å². The minimum absolute atomic E-state index is 0.266. The Kier molecular flexibility index (Phi) is 3.23. The van der Waals surface area contributed by atoms with Crippen molar-refractivity contribution in [2.24, 2.45) is 0 Å². The Balaban J connectivity index is 1.89. The number of sulfonamides is 1. The van der Waals surface area contributed by atoms with Crippen LogP contribution in [0.4, 0.5) is 0 Å². The van der Waals surface area contributed by atoms with Crippen molar-refractivity contribution >= 4 is 10.0 Å². The maximum atomic E-state index is 12.6. The molecule has 0 amide bonds. The number of rotatable bonds is 6. The molecule has 1 aromatic heterocycles. The summed E-state index contributed by atoms with van der Waals surface area (Å²) in [5.74, 6) is 1.17. The van der Waals surface area contributed by atoms with Crippen molar-refractivity contribution < 1.29 is 12.8 Å². The van der Waals surface area contributed by atoms with E-state index in [-0.39, 0.29) is 5.54 Å². The van der Waals surface area contributed by atoms with Crippen LogP contribution in [0, 0.1) is 13.8 Å². The standard InChI is InChI=1S/C14H22N2O3S/c1-9-12(8-15-11-4-5-11)13(10(2)19-9)20(17,18)16-14(3)6-7-14/h11,15-16H,4-8H2,1-3H3. The Hall–Kier alpha value is -0.850. The second kappa shape index (κ2) is 4.58. The van der Waals surface area contributed by atoms with Crippen LogP contribution in [0.15, 0.2) is 9.31 Å². The van der Waals surface area contributed by atoms with Crippen LogP contribution in [0.2, 0.25) is 0 Å². The van der Waals surface area contributed by atoms with Crippen molar-refractivity contribution in [3.05, 3.63) is 17.1 Å². The molecule has 0 saturated heterocycles. The number of aryl methyl sites for hydroxylation is 2. The fourth-order valence-corrected chi connectivity index (χ4v) is 4.38. The molecule has 5 nitrogen and oxygen atoms in total. The third kappa shape index (κ3) is 2.77. The van der Waals surface area contributed by atoms with E-state index < -0.39 is 10.0 Å². The zero-order chi connectivity index (χ0) is 14.5. The summed E-state index contributed by atoms with van der Waals surface area (Å²) in [7, 11) is -3.51. The summed E-state index contributed by atoms with van der Waals surface area (Å²) in [5.41, 5.74) is 0.503. The predicted octanol–water partition coefficient (Wildman–Crippen LogP) is 1.98. The molecule has 2 N–H and O–H groups in total. The maximum absolute atomic E-state index is 12.6. The lowest BCUT2D eigenvalue weighted by Gasteiger charge is -2.13. The summed E-state index contributed by atoms with van der Waals surface area (Å²) in [5, 5.41) is 3.37. The number of hydrogen-bond acceptors (Lipinski definition) is 4. The zero-order valence-electron chi connectivity index (χ0n) is 12.2.